The zero-order valence-electron chi connectivity index (χ0n) is 30.6. The van der Waals surface area contributed by atoms with E-state index in [1.807, 2.05) is 86.2 Å². The fraction of sp³-hybridized carbons (Fsp3) is 0.333. The lowest BCUT2D eigenvalue weighted by Gasteiger charge is -2.38. The Morgan fingerprint density at radius 3 is 2.19 bits per heavy atom. The van der Waals surface area contributed by atoms with Gasteiger partial charge in [-0.15, -0.1) is 11.8 Å². The van der Waals surface area contributed by atoms with Crippen molar-refractivity contribution in [2.24, 2.45) is 0 Å². The van der Waals surface area contributed by atoms with Gasteiger partial charge in [-0.25, -0.2) is 17.9 Å². The smallest absolute Gasteiger partial charge is 0.407 e. The Balaban J connectivity index is 1.14. The topological polar surface area (TPSA) is 163 Å². The maximum Gasteiger partial charge on any atom is 0.407 e. The summed E-state index contributed by atoms with van der Waals surface area (Å²) in [6.07, 6.45) is 0.212. The van der Waals surface area contributed by atoms with Crippen molar-refractivity contribution in [3.8, 4) is 0 Å². The number of nitrogens with one attached hydrogen (secondary N) is 3. The summed E-state index contributed by atoms with van der Waals surface area (Å²) in [6.45, 7) is 9.47. The van der Waals surface area contributed by atoms with E-state index < -0.39 is 43.1 Å². The molecule has 0 radical (unpaired) electrons. The molecule has 0 aromatic heterocycles. The molecule has 1 aliphatic heterocycles. The number of sulfonamides is 1. The number of nitro groups is 1. The quantitative estimate of drug-likeness (QED) is 0.0548. The van der Waals surface area contributed by atoms with Gasteiger partial charge in [0.05, 0.1) is 9.82 Å². The average molecular weight is 775 g/mol. The average Bonchev–Trinajstić information content (AvgIpc) is 3.13. The van der Waals surface area contributed by atoms with E-state index >= 15 is 0 Å². The summed E-state index contributed by atoms with van der Waals surface area (Å²) in [6, 6.07) is 29.7. The van der Waals surface area contributed by atoms with Gasteiger partial charge in [0.25, 0.3) is 21.6 Å². The van der Waals surface area contributed by atoms with Gasteiger partial charge >= 0.3 is 6.09 Å². The van der Waals surface area contributed by atoms with Crippen LogP contribution in [0.4, 0.5) is 21.9 Å². The summed E-state index contributed by atoms with van der Waals surface area (Å²) < 4.78 is 33.8. The monoisotopic (exact) mass is 774 g/mol. The van der Waals surface area contributed by atoms with Gasteiger partial charge in [0, 0.05) is 73.3 Å². The summed E-state index contributed by atoms with van der Waals surface area (Å²) in [5.41, 5.74) is 1.29. The van der Waals surface area contributed by atoms with Crippen LogP contribution in [0.15, 0.2) is 113 Å². The molecule has 2 amide bonds. The van der Waals surface area contributed by atoms with Crippen molar-refractivity contribution in [1.82, 2.24) is 14.9 Å². The number of carbonyl (C=O) groups excluding carboxylic acids is 2. The molecule has 1 heterocycles. The lowest BCUT2D eigenvalue weighted by Crippen LogP contribution is -2.52. The van der Waals surface area contributed by atoms with Gasteiger partial charge in [0.15, 0.2) is 0 Å². The number of hydrogen-bond acceptors (Lipinski definition) is 11. The number of anilines is 2. The number of alkyl carbamates (subject to hydrolysis) is 1. The van der Waals surface area contributed by atoms with Crippen LogP contribution >= 0.6 is 11.8 Å². The third kappa shape index (κ3) is 11.9. The maximum atomic E-state index is 13.1. The predicted octanol–water partition coefficient (Wildman–Crippen LogP) is 6.18. The van der Waals surface area contributed by atoms with Gasteiger partial charge < -0.3 is 20.3 Å². The highest BCUT2D eigenvalue weighted by atomic mass is 32.2. The lowest BCUT2D eigenvalue weighted by atomic mass is 10.1. The molecule has 54 heavy (non-hydrogen) atoms. The van der Waals surface area contributed by atoms with E-state index in [9.17, 15) is 28.1 Å². The van der Waals surface area contributed by atoms with Crippen molar-refractivity contribution in [1.29, 1.82) is 0 Å². The summed E-state index contributed by atoms with van der Waals surface area (Å²) in [5, 5.41) is 17.9. The van der Waals surface area contributed by atoms with Gasteiger partial charge in [-0.1, -0.05) is 48.5 Å². The van der Waals surface area contributed by atoms with E-state index in [2.05, 4.69) is 20.4 Å². The second kappa shape index (κ2) is 18.3. The van der Waals surface area contributed by atoms with Gasteiger partial charge in [-0.3, -0.25) is 19.8 Å². The molecular weight excluding hydrogens is 729 g/mol. The molecule has 0 saturated carbocycles. The van der Waals surface area contributed by atoms with E-state index in [4.69, 9.17) is 4.74 Å². The summed E-state index contributed by atoms with van der Waals surface area (Å²) in [5.74, 6) is -0.215. The Kier molecular flexibility index (Phi) is 13.6. The summed E-state index contributed by atoms with van der Waals surface area (Å²) in [4.78, 5) is 42.0. The van der Waals surface area contributed by atoms with Crippen LogP contribution in [-0.4, -0.2) is 86.9 Å². The molecule has 1 atom stereocenters. The largest absolute Gasteiger partial charge is 0.444 e. The molecule has 1 fully saturated rings. The number of ether oxygens (including phenoxy) is 1. The first kappa shape index (κ1) is 40.1. The normalized spacial score (nSPS) is 14.2. The first-order valence-corrected chi connectivity index (χ1v) is 20.1. The van der Waals surface area contributed by atoms with Crippen LogP contribution < -0.4 is 20.3 Å². The molecule has 0 aliphatic carbocycles. The van der Waals surface area contributed by atoms with E-state index in [0.717, 1.165) is 35.3 Å². The molecule has 0 spiro atoms. The molecule has 13 nitrogen and oxygen atoms in total. The number of nitrogens with zero attached hydrogens (tertiary/aromatic N) is 3. The van der Waals surface area contributed by atoms with Crippen LogP contribution in [0.3, 0.4) is 0 Å². The lowest BCUT2D eigenvalue weighted by molar-refractivity contribution is -0.384. The van der Waals surface area contributed by atoms with Crippen molar-refractivity contribution >= 4 is 50.8 Å². The van der Waals surface area contributed by atoms with Crippen molar-refractivity contribution < 1.29 is 27.7 Å². The second-order valence-electron chi connectivity index (χ2n) is 13.8. The number of nitro benzene ring substituents is 1. The van der Waals surface area contributed by atoms with Crippen molar-refractivity contribution in [3.63, 3.8) is 0 Å². The Morgan fingerprint density at radius 2 is 1.56 bits per heavy atom. The summed E-state index contributed by atoms with van der Waals surface area (Å²) in [7, 11) is -4.41. The number of thioether (sulfide) groups is 1. The number of hydrogen-bond donors (Lipinski definition) is 3. The Hall–Kier alpha value is -5.12. The fourth-order valence-corrected chi connectivity index (χ4v) is 7.73. The Labute approximate surface area is 320 Å². The number of rotatable bonds is 15. The Bertz CT molecular complexity index is 1990. The fourth-order valence-electron chi connectivity index (χ4n) is 5.95. The van der Waals surface area contributed by atoms with Gasteiger partial charge in [0.1, 0.15) is 11.3 Å². The molecule has 1 unspecified atom stereocenters. The molecule has 4 aromatic rings. The third-order valence-corrected chi connectivity index (χ3v) is 10.9. The molecular formula is C39H46N6O7S2. The van der Waals surface area contributed by atoms with Crippen LogP contribution in [0.1, 0.15) is 36.7 Å². The minimum absolute atomic E-state index is 0.127. The Morgan fingerprint density at radius 1 is 0.907 bits per heavy atom. The third-order valence-electron chi connectivity index (χ3n) is 8.52. The van der Waals surface area contributed by atoms with Crippen molar-refractivity contribution in [2.75, 3.05) is 55.2 Å². The number of amides is 2. The molecule has 0 bridgehead atoms. The molecule has 15 heteroatoms. The summed E-state index contributed by atoms with van der Waals surface area (Å²) >= 11 is 1.58. The maximum absolute atomic E-state index is 13.1. The molecule has 4 aromatic carbocycles. The predicted molar refractivity (Wildman–Crippen MR) is 212 cm³/mol. The number of carbonyl (C=O) groups is 2. The van der Waals surface area contributed by atoms with Crippen LogP contribution in [0, 0.1) is 10.1 Å². The van der Waals surface area contributed by atoms with Gasteiger partial charge in [-0.2, -0.15) is 0 Å². The molecule has 1 aliphatic rings. The van der Waals surface area contributed by atoms with Crippen LogP contribution in [0.2, 0.25) is 0 Å². The standard InChI is InChI=1S/C39H46N6O7S2/c1-39(2,3)52-38(47)41-31(26-29-10-6-4-7-11-29)28-43-21-23-44(24-22-43)32-16-14-30(15-17-32)37(46)42-54(50,51)34-18-19-35(36(27-34)45(48)49)40-20-25-53-33-12-8-5-9-13-33/h4-19,27,31,40H,20-26,28H2,1-3H3,(H,41,47)(H,42,46). The SMILES string of the molecule is CC(C)(C)OC(=O)NC(Cc1ccccc1)CN1CCN(c2ccc(C(=O)NS(=O)(=O)c3ccc(NCCSc4ccccc4)c([N+](=O)[O-])c3)cc2)CC1. The van der Waals surface area contributed by atoms with Crippen LogP contribution in [0.25, 0.3) is 0 Å². The first-order chi connectivity index (χ1) is 25.8. The van der Waals surface area contributed by atoms with E-state index in [-0.39, 0.29) is 17.3 Å². The highest BCUT2D eigenvalue weighted by Crippen LogP contribution is 2.28. The molecule has 3 N–H and O–H groups in total. The molecule has 5 rings (SSSR count). The zero-order valence-corrected chi connectivity index (χ0v) is 32.2. The number of benzene rings is 4. The van der Waals surface area contributed by atoms with E-state index in [1.54, 1.807) is 36.0 Å². The van der Waals surface area contributed by atoms with E-state index in [1.165, 1.54) is 12.1 Å². The minimum Gasteiger partial charge on any atom is -0.444 e. The van der Waals surface area contributed by atoms with E-state index in [0.29, 0.717) is 38.4 Å². The number of piperazine rings is 1. The first-order valence-electron chi connectivity index (χ1n) is 17.6. The van der Waals surface area contributed by atoms with Gasteiger partial charge in [-0.05, 0) is 81.3 Å². The highest BCUT2D eigenvalue weighted by molar-refractivity contribution is 7.99. The van der Waals surface area contributed by atoms with Crippen molar-refractivity contribution in [3.05, 3.63) is 124 Å². The second-order valence-corrected chi connectivity index (χ2v) is 16.7. The minimum atomic E-state index is -4.41. The van der Waals surface area contributed by atoms with Crippen molar-refractivity contribution in [2.45, 2.75) is 48.6 Å². The van der Waals surface area contributed by atoms with Crippen LogP contribution in [0.5, 0.6) is 0 Å². The molecule has 1 saturated heterocycles. The zero-order chi connectivity index (χ0) is 38.7. The molecule has 286 valence electrons. The highest BCUT2D eigenvalue weighted by Gasteiger charge is 2.26. The van der Waals surface area contributed by atoms with Gasteiger partial charge in [0.2, 0.25) is 0 Å². The van der Waals surface area contributed by atoms with Crippen LogP contribution in [-0.2, 0) is 21.2 Å².